The lowest BCUT2D eigenvalue weighted by molar-refractivity contribution is 0.0572. The Morgan fingerprint density at radius 1 is 1.42 bits per heavy atom. The van der Waals surface area contributed by atoms with Crippen LogP contribution in [0.1, 0.15) is 42.1 Å². The molecule has 4 heterocycles. The standard InChI is InChI=1S/C24H29FN6O2/c1-24(33)6-8-31(14-24)22(32)15-4-5-18-19(13-27-20(18)9-15)21-16(10-25)11-28-23(30-21)29-17-3-2-7-26-12-17/h4-5,9,11,13,17,26-27,33H,2-3,6-8,10,12,14H2,1H3,(H,28,29,30)/t17-,24-/m0/s1. The number of likely N-dealkylation sites (tertiary alicyclic amines) is 1. The van der Waals surface area contributed by atoms with Gasteiger partial charge in [0.15, 0.2) is 0 Å². The van der Waals surface area contributed by atoms with Crippen LogP contribution < -0.4 is 10.6 Å². The number of aliphatic hydroxyl groups is 1. The molecular formula is C24H29FN6O2. The zero-order valence-electron chi connectivity index (χ0n) is 18.7. The molecule has 0 spiro atoms. The molecule has 8 nitrogen and oxygen atoms in total. The number of fused-ring (bicyclic) bond motifs is 1. The summed E-state index contributed by atoms with van der Waals surface area (Å²) in [6.07, 6.45) is 6.03. The Morgan fingerprint density at radius 2 is 2.30 bits per heavy atom. The molecule has 0 unspecified atom stereocenters. The van der Waals surface area contributed by atoms with Crippen LogP contribution in [0.15, 0.2) is 30.6 Å². The van der Waals surface area contributed by atoms with Gasteiger partial charge in [-0.15, -0.1) is 0 Å². The average molecular weight is 453 g/mol. The normalized spacial score (nSPS) is 23.2. The van der Waals surface area contributed by atoms with Crippen LogP contribution in [-0.2, 0) is 6.67 Å². The molecule has 3 aromatic rings. The molecule has 2 aromatic heterocycles. The van der Waals surface area contributed by atoms with Gasteiger partial charge in [-0.1, -0.05) is 6.07 Å². The van der Waals surface area contributed by atoms with E-state index in [9.17, 15) is 14.3 Å². The number of aromatic nitrogens is 3. The number of carbonyl (C=O) groups is 1. The van der Waals surface area contributed by atoms with Crippen LogP contribution >= 0.6 is 0 Å². The molecule has 0 aliphatic carbocycles. The minimum atomic E-state index is -0.839. The van der Waals surface area contributed by atoms with Crippen LogP contribution in [0.2, 0.25) is 0 Å². The smallest absolute Gasteiger partial charge is 0.254 e. The average Bonchev–Trinajstić information content (AvgIpc) is 3.41. The van der Waals surface area contributed by atoms with Crippen molar-refractivity contribution in [1.29, 1.82) is 0 Å². The highest BCUT2D eigenvalue weighted by atomic mass is 19.1. The van der Waals surface area contributed by atoms with Crippen LogP contribution in [0, 0.1) is 0 Å². The van der Waals surface area contributed by atoms with E-state index >= 15 is 0 Å². The largest absolute Gasteiger partial charge is 0.388 e. The van der Waals surface area contributed by atoms with Crippen molar-refractivity contribution in [2.45, 2.75) is 44.5 Å². The van der Waals surface area contributed by atoms with E-state index in [4.69, 9.17) is 0 Å². The second-order valence-electron chi connectivity index (χ2n) is 9.33. The van der Waals surface area contributed by atoms with E-state index in [1.807, 2.05) is 6.07 Å². The van der Waals surface area contributed by atoms with Gasteiger partial charge in [0, 0.05) is 65.7 Å². The molecule has 2 aliphatic heterocycles. The maximum atomic E-state index is 13.8. The Hall–Kier alpha value is -3.04. The summed E-state index contributed by atoms with van der Waals surface area (Å²) in [5.41, 5.74) is 2.22. The number of nitrogens with zero attached hydrogens (tertiary/aromatic N) is 3. The molecule has 5 rings (SSSR count). The summed E-state index contributed by atoms with van der Waals surface area (Å²) in [5.74, 6) is 0.378. The predicted molar refractivity (Wildman–Crippen MR) is 125 cm³/mol. The van der Waals surface area contributed by atoms with Crippen molar-refractivity contribution in [1.82, 2.24) is 25.2 Å². The van der Waals surface area contributed by atoms with Crippen molar-refractivity contribution in [3.63, 3.8) is 0 Å². The van der Waals surface area contributed by atoms with E-state index < -0.39 is 12.3 Å². The van der Waals surface area contributed by atoms with Gasteiger partial charge >= 0.3 is 0 Å². The van der Waals surface area contributed by atoms with Gasteiger partial charge in [-0.3, -0.25) is 4.79 Å². The highest BCUT2D eigenvalue weighted by Gasteiger charge is 2.34. The molecule has 4 N–H and O–H groups in total. The van der Waals surface area contributed by atoms with Gasteiger partial charge in [-0.05, 0) is 44.9 Å². The lowest BCUT2D eigenvalue weighted by Gasteiger charge is -2.24. The van der Waals surface area contributed by atoms with E-state index in [0.29, 0.717) is 42.3 Å². The molecule has 0 saturated carbocycles. The predicted octanol–water partition coefficient (Wildman–Crippen LogP) is 2.86. The van der Waals surface area contributed by atoms with Gasteiger partial charge in [0.2, 0.25) is 5.95 Å². The number of benzene rings is 1. The van der Waals surface area contributed by atoms with Crippen molar-refractivity contribution in [3.8, 4) is 11.3 Å². The number of rotatable bonds is 5. The summed E-state index contributed by atoms with van der Waals surface area (Å²) in [7, 11) is 0. The minimum absolute atomic E-state index is 0.107. The molecule has 0 radical (unpaired) electrons. The summed E-state index contributed by atoms with van der Waals surface area (Å²) in [6.45, 7) is 3.80. The monoisotopic (exact) mass is 452 g/mol. The number of H-pyrrole nitrogens is 1. The SMILES string of the molecule is C[C@]1(O)CCN(C(=O)c2ccc3c(-c4nc(N[C@H]5CCCNC5)ncc4CF)c[nH]c3c2)C1. The zero-order valence-corrected chi connectivity index (χ0v) is 18.7. The second-order valence-corrected chi connectivity index (χ2v) is 9.33. The van der Waals surface area contributed by atoms with Crippen LogP contribution in [-0.4, -0.2) is 68.7 Å². The fourth-order valence-electron chi connectivity index (χ4n) is 4.72. The van der Waals surface area contributed by atoms with Crippen molar-refractivity contribution in [2.75, 3.05) is 31.5 Å². The number of anilines is 1. The van der Waals surface area contributed by atoms with Crippen LogP contribution in [0.4, 0.5) is 10.3 Å². The second kappa shape index (κ2) is 8.72. The Bertz CT molecular complexity index is 1170. The molecule has 2 aliphatic rings. The third-order valence-electron chi connectivity index (χ3n) is 6.56. The number of hydrogen-bond donors (Lipinski definition) is 4. The third kappa shape index (κ3) is 4.43. The number of nitrogens with one attached hydrogen (secondary N) is 3. The minimum Gasteiger partial charge on any atom is -0.388 e. The molecule has 33 heavy (non-hydrogen) atoms. The number of alkyl halides is 1. The summed E-state index contributed by atoms with van der Waals surface area (Å²) >= 11 is 0. The lowest BCUT2D eigenvalue weighted by atomic mass is 10.0. The van der Waals surface area contributed by atoms with Gasteiger partial charge in [0.25, 0.3) is 5.91 Å². The van der Waals surface area contributed by atoms with Crippen molar-refractivity contribution >= 4 is 22.8 Å². The fourth-order valence-corrected chi connectivity index (χ4v) is 4.72. The van der Waals surface area contributed by atoms with Gasteiger partial charge in [-0.25, -0.2) is 14.4 Å². The Balaban J connectivity index is 1.44. The number of aromatic amines is 1. The van der Waals surface area contributed by atoms with Crippen molar-refractivity contribution < 1.29 is 14.3 Å². The zero-order chi connectivity index (χ0) is 23.0. The quantitative estimate of drug-likeness (QED) is 0.474. The number of amides is 1. The third-order valence-corrected chi connectivity index (χ3v) is 6.56. The molecule has 0 bridgehead atoms. The van der Waals surface area contributed by atoms with Gasteiger partial charge in [0.1, 0.15) is 6.67 Å². The van der Waals surface area contributed by atoms with E-state index in [1.54, 1.807) is 30.2 Å². The molecule has 1 aromatic carbocycles. The highest BCUT2D eigenvalue weighted by molar-refractivity contribution is 6.02. The Kier molecular flexibility index (Phi) is 5.76. The number of halogens is 1. The summed E-state index contributed by atoms with van der Waals surface area (Å²) < 4.78 is 13.8. The first-order chi connectivity index (χ1) is 15.9. The molecule has 2 saturated heterocycles. The first-order valence-electron chi connectivity index (χ1n) is 11.5. The number of carbonyl (C=O) groups excluding carboxylic acids is 1. The maximum absolute atomic E-state index is 13.8. The summed E-state index contributed by atoms with van der Waals surface area (Å²) in [5, 5.41) is 17.8. The van der Waals surface area contributed by atoms with Crippen LogP contribution in [0.25, 0.3) is 22.2 Å². The summed E-state index contributed by atoms with van der Waals surface area (Å²) in [4.78, 5) is 26.8. The molecular weight excluding hydrogens is 423 g/mol. The Labute approximate surface area is 191 Å². The molecule has 9 heteroatoms. The number of β-amino-alcohol motifs (C(OH)–C–C–N with tert-alkyl or cyclic N) is 1. The molecule has 2 fully saturated rings. The molecule has 2 atom stereocenters. The van der Waals surface area contributed by atoms with Crippen molar-refractivity contribution in [3.05, 3.63) is 41.7 Å². The van der Waals surface area contributed by atoms with Gasteiger partial charge < -0.3 is 25.6 Å². The maximum Gasteiger partial charge on any atom is 0.254 e. The molecule has 174 valence electrons. The number of hydrogen-bond acceptors (Lipinski definition) is 6. The first-order valence-corrected chi connectivity index (χ1v) is 11.5. The first kappa shape index (κ1) is 21.8. The Morgan fingerprint density at radius 3 is 3.03 bits per heavy atom. The topological polar surface area (TPSA) is 106 Å². The van der Waals surface area contributed by atoms with Gasteiger partial charge in [-0.2, -0.15) is 0 Å². The van der Waals surface area contributed by atoms with E-state index in [0.717, 1.165) is 42.4 Å². The summed E-state index contributed by atoms with van der Waals surface area (Å²) in [6, 6.07) is 5.69. The van der Waals surface area contributed by atoms with Gasteiger partial charge in [0.05, 0.1) is 11.3 Å². The molecule has 1 amide bonds. The fraction of sp³-hybridized carbons (Fsp3) is 0.458. The lowest BCUT2D eigenvalue weighted by Crippen LogP contribution is -2.38. The highest BCUT2D eigenvalue weighted by Crippen LogP contribution is 2.32. The van der Waals surface area contributed by atoms with Crippen LogP contribution in [0.3, 0.4) is 0 Å². The van der Waals surface area contributed by atoms with Crippen molar-refractivity contribution in [2.24, 2.45) is 0 Å². The number of piperidine rings is 1. The van der Waals surface area contributed by atoms with E-state index in [-0.39, 0.29) is 11.9 Å². The van der Waals surface area contributed by atoms with Crippen LogP contribution in [0.5, 0.6) is 0 Å². The van der Waals surface area contributed by atoms with E-state index in [2.05, 4.69) is 25.6 Å². The van der Waals surface area contributed by atoms with E-state index in [1.165, 1.54) is 6.20 Å².